The van der Waals surface area contributed by atoms with E-state index in [4.69, 9.17) is 28.9 Å². The van der Waals surface area contributed by atoms with Gasteiger partial charge in [0.25, 0.3) is 5.91 Å². The fraction of sp³-hybridized carbons (Fsp3) is 0.462. The van der Waals surface area contributed by atoms with Crippen molar-refractivity contribution in [3.8, 4) is 0 Å². The Balaban J connectivity index is 0.00000200. The molecule has 1 aliphatic heterocycles. The SMILES string of the molecule is CSc1cc(C(=O)N2CCCC2CN)c(Cl)cc1Cl.Cl. The largest absolute Gasteiger partial charge is 0.334 e. The van der Waals surface area contributed by atoms with Crippen LogP contribution in [0.1, 0.15) is 23.2 Å². The number of amides is 1. The zero-order valence-corrected chi connectivity index (χ0v) is 14.2. The molecule has 3 nitrogen and oxygen atoms in total. The molecule has 1 saturated heterocycles. The van der Waals surface area contributed by atoms with Crippen molar-refractivity contribution in [1.29, 1.82) is 0 Å². The number of carbonyl (C=O) groups excluding carboxylic acids is 1. The molecule has 112 valence electrons. The van der Waals surface area contributed by atoms with Gasteiger partial charge in [0.2, 0.25) is 0 Å². The first kappa shape index (κ1) is 17.9. The third-order valence-corrected chi connectivity index (χ3v) is 4.90. The first-order valence-corrected chi connectivity index (χ1v) is 8.10. The smallest absolute Gasteiger partial charge is 0.255 e. The number of carbonyl (C=O) groups is 1. The number of halogens is 3. The van der Waals surface area contributed by atoms with Crippen LogP contribution in [0, 0.1) is 0 Å². The maximum Gasteiger partial charge on any atom is 0.255 e. The molecule has 20 heavy (non-hydrogen) atoms. The quantitative estimate of drug-likeness (QED) is 0.841. The van der Waals surface area contributed by atoms with Gasteiger partial charge in [0.15, 0.2) is 0 Å². The van der Waals surface area contributed by atoms with E-state index < -0.39 is 0 Å². The zero-order chi connectivity index (χ0) is 14.0. The summed E-state index contributed by atoms with van der Waals surface area (Å²) in [6.07, 6.45) is 3.87. The number of nitrogens with two attached hydrogens (primary N) is 1. The lowest BCUT2D eigenvalue weighted by Crippen LogP contribution is -2.40. The molecule has 0 saturated carbocycles. The molecule has 2 rings (SSSR count). The van der Waals surface area contributed by atoms with E-state index in [2.05, 4.69) is 0 Å². The van der Waals surface area contributed by atoms with E-state index in [-0.39, 0.29) is 24.4 Å². The maximum absolute atomic E-state index is 12.6. The number of rotatable bonds is 3. The highest BCUT2D eigenvalue weighted by molar-refractivity contribution is 7.98. The molecule has 1 fully saturated rings. The predicted molar refractivity (Wildman–Crippen MR) is 88.6 cm³/mol. The standard InChI is InChI=1S/C13H16Cl2N2OS.ClH/c1-19-12-5-9(10(14)6-11(12)15)13(18)17-4-2-3-8(17)7-16;/h5-6,8H,2-4,7,16H2,1H3;1H. The van der Waals surface area contributed by atoms with Gasteiger partial charge in [-0.25, -0.2) is 0 Å². The van der Waals surface area contributed by atoms with Crippen molar-refractivity contribution in [2.45, 2.75) is 23.8 Å². The molecule has 1 heterocycles. The molecule has 0 bridgehead atoms. The lowest BCUT2D eigenvalue weighted by atomic mass is 10.1. The number of hydrogen-bond donors (Lipinski definition) is 1. The minimum absolute atomic E-state index is 0. The fourth-order valence-electron chi connectivity index (χ4n) is 2.35. The number of benzene rings is 1. The Bertz CT molecular complexity index is 499. The summed E-state index contributed by atoms with van der Waals surface area (Å²) in [5.41, 5.74) is 6.22. The molecular formula is C13H17Cl3N2OS. The van der Waals surface area contributed by atoms with Gasteiger partial charge < -0.3 is 10.6 Å². The van der Waals surface area contributed by atoms with E-state index in [0.29, 0.717) is 22.2 Å². The first-order valence-electron chi connectivity index (χ1n) is 6.12. The third-order valence-electron chi connectivity index (χ3n) is 3.38. The molecule has 0 radical (unpaired) electrons. The Kier molecular flexibility index (Phi) is 6.95. The number of thioether (sulfide) groups is 1. The third kappa shape index (κ3) is 3.55. The van der Waals surface area contributed by atoms with Crippen LogP contribution < -0.4 is 5.73 Å². The van der Waals surface area contributed by atoms with Gasteiger partial charge in [0.05, 0.1) is 15.6 Å². The number of nitrogens with zero attached hydrogens (tertiary/aromatic N) is 1. The summed E-state index contributed by atoms with van der Waals surface area (Å²) in [6.45, 7) is 1.24. The zero-order valence-electron chi connectivity index (χ0n) is 11.1. The highest BCUT2D eigenvalue weighted by atomic mass is 35.5. The van der Waals surface area contributed by atoms with Crippen molar-refractivity contribution >= 4 is 53.3 Å². The van der Waals surface area contributed by atoms with E-state index >= 15 is 0 Å². The van der Waals surface area contributed by atoms with Gasteiger partial charge >= 0.3 is 0 Å². The molecule has 0 aliphatic carbocycles. The van der Waals surface area contributed by atoms with Crippen LogP contribution in [0.4, 0.5) is 0 Å². The minimum Gasteiger partial charge on any atom is -0.334 e. The van der Waals surface area contributed by atoms with Crippen molar-refractivity contribution < 1.29 is 4.79 Å². The van der Waals surface area contributed by atoms with Crippen molar-refractivity contribution in [3.05, 3.63) is 27.7 Å². The molecule has 1 aromatic carbocycles. The van der Waals surface area contributed by atoms with Crippen LogP contribution in [0.3, 0.4) is 0 Å². The van der Waals surface area contributed by atoms with E-state index in [0.717, 1.165) is 24.3 Å². The fourth-order valence-corrected chi connectivity index (χ4v) is 3.54. The lowest BCUT2D eigenvalue weighted by molar-refractivity contribution is 0.0741. The molecule has 0 spiro atoms. The lowest BCUT2D eigenvalue weighted by Gasteiger charge is -2.24. The van der Waals surface area contributed by atoms with Crippen LogP contribution in [-0.2, 0) is 0 Å². The second-order valence-corrected chi connectivity index (χ2v) is 6.16. The Morgan fingerprint density at radius 2 is 2.15 bits per heavy atom. The van der Waals surface area contributed by atoms with Crippen LogP contribution in [0.5, 0.6) is 0 Å². The highest BCUT2D eigenvalue weighted by Gasteiger charge is 2.29. The summed E-state index contributed by atoms with van der Waals surface area (Å²) in [5, 5.41) is 0.973. The summed E-state index contributed by atoms with van der Waals surface area (Å²) in [5.74, 6) is -0.0510. The van der Waals surface area contributed by atoms with Gasteiger partial charge in [-0.2, -0.15) is 0 Å². The topological polar surface area (TPSA) is 46.3 Å². The molecular weight excluding hydrogens is 339 g/mol. The molecule has 0 aromatic heterocycles. The molecule has 1 amide bonds. The van der Waals surface area contributed by atoms with E-state index in [1.165, 1.54) is 11.8 Å². The van der Waals surface area contributed by atoms with Gasteiger partial charge in [0, 0.05) is 24.0 Å². The monoisotopic (exact) mass is 354 g/mol. The van der Waals surface area contributed by atoms with Crippen molar-refractivity contribution in [3.63, 3.8) is 0 Å². The van der Waals surface area contributed by atoms with E-state index in [1.807, 2.05) is 11.2 Å². The average molecular weight is 356 g/mol. The summed E-state index contributed by atoms with van der Waals surface area (Å²) < 4.78 is 0. The summed E-state index contributed by atoms with van der Waals surface area (Å²) in [7, 11) is 0. The highest BCUT2D eigenvalue weighted by Crippen LogP contribution is 2.32. The summed E-state index contributed by atoms with van der Waals surface area (Å²) in [6, 6.07) is 3.52. The van der Waals surface area contributed by atoms with Gasteiger partial charge in [-0.1, -0.05) is 23.2 Å². The Morgan fingerprint density at radius 3 is 2.75 bits per heavy atom. The van der Waals surface area contributed by atoms with Crippen LogP contribution in [-0.4, -0.2) is 36.2 Å². The average Bonchev–Trinajstić information content (AvgIpc) is 2.86. The van der Waals surface area contributed by atoms with Crippen LogP contribution in [0.25, 0.3) is 0 Å². The Morgan fingerprint density at radius 1 is 1.45 bits per heavy atom. The Hall–Kier alpha value is -0.130. The second kappa shape index (κ2) is 7.76. The van der Waals surface area contributed by atoms with Crippen LogP contribution in [0.15, 0.2) is 17.0 Å². The molecule has 1 aliphatic rings. The number of hydrogen-bond acceptors (Lipinski definition) is 3. The van der Waals surface area contributed by atoms with Gasteiger partial charge in [0.1, 0.15) is 0 Å². The predicted octanol–water partition coefficient (Wildman–Crippen LogP) is 3.70. The minimum atomic E-state index is -0.0510. The molecule has 7 heteroatoms. The van der Waals surface area contributed by atoms with Crippen LogP contribution in [0.2, 0.25) is 10.0 Å². The second-order valence-electron chi connectivity index (χ2n) is 4.50. The van der Waals surface area contributed by atoms with Crippen molar-refractivity contribution in [2.75, 3.05) is 19.3 Å². The first-order chi connectivity index (χ1) is 9.08. The van der Waals surface area contributed by atoms with Crippen molar-refractivity contribution in [1.82, 2.24) is 4.90 Å². The van der Waals surface area contributed by atoms with Gasteiger partial charge in [-0.15, -0.1) is 24.2 Å². The van der Waals surface area contributed by atoms with Crippen molar-refractivity contribution in [2.24, 2.45) is 5.73 Å². The summed E-state index contributed by atoms with van der Waals surface area (Å²) in [4.78, 5) is 15.2. The van der Waals surface area contributed by atoms with E-state index in [1.54, 1.807) is 12.1 Å². The van der Waals surface area contributed by atoms with Gasteiger partial charge in [-0.3, -0.25) is 4.79 Å². The molecule has 1 atom stereocenters. The normalized spacial score (nSPS) is 18.0. The molecule has 1 aromatic rings. The van der Waals surface area contributed by atoms with E-state index in [9.17, 15) is 4.79 Å². The number of likely N-dealkylation sites (tertiary alicyclic amines) is 1. The van der Waals surface area contributed by atoms with Crippen LogP contribution >= 0.6 is 47.4 Å². The Labute approximate surface area is 139 Å². The molecule has 2 N–H and O–H groups in total. The maximum atomic E-state index is 12.6. The molecule has 1 unspecified atom stereocenters. The summed E-state index contributed by atoms with van der Waals surface area (Å²) >= 11 is 13.7. The van der Waals surface area contributed by atoms with Gasteiger partial charge in [-0.05, 0) is 31.2 Å².